The molecule has 4 nitrogen and oxygen atoms in total. The molecule has 1 aromatic carbocycles. The van der Waals surface area contributed by atoms with Gasteiger partial charge in [0.25, 0.3) is 5.65 Å². The van der Waals surface area contributed by atoms with Gasteiger partial charge in [-0.25, -0.2) is 9.28 Å². The van der Waals surface area contributed by atoms with Crippen molar-refractivity contribution >= 4 is 17.4 Å². The summed E-state index contributed by atoms with van der Waals surface area (Å²) in [6.45, 7) is 7.26. The van der Waals surface area contributed by atoms with Crippen LogP contribution in [0.25, 0.3) is 16.9 Å². The lowest BCUT2D eigenvalue weighted by molar-refractivity contribution is -0.503. The van der Waals surface area contributed by atoms with E-state index in [1.807, 2.05) is 41.0 Å². The van der Waals surface area contributed by atoms with Crippen molar-refractivity contribution in [1.82, 2.24) is 9.05 Å². The van der Waals surface area contributed by atoms with Crippen molar-refractivity contribution in [3.8, 4) is 11.3 Å². The lowest BCUT2D eigenvalue weighted by Crippen LogP contribution is -2.37. The second-order valence-electron chi connectivity index (χ2n) is 7.48. The topological polar surface area (TPSA) is 26.1 Å². The summed E-state index contributed by atoms with van der Waals surface area (Å²) < 4.78 is 4.85. The standard InChI is InChI=1S/C20H23N3O/c1-15(24)22-17-12-8-9-13-21(17)19(23(4)14-20(23,2)3)18(22)16-10-6-5-7-11-16/h5-13H,14H2,1-4H3/q+2. The molecule has 1 aliphatic rings. The van der Waals surface area contributed by atoms with E-state index in [-0.39, 0.29) is 11.4 Å². The summed E-state index contributed by atoms with van der Waals surface area (Å²) in [5.74, 6) is 1.21. The predicted molar refractivity (Wildman–Crippen MR) is 96.0 cm³/mol. The molecule has 1 aliphatic heterocycles. The summed E-state index contributed by atoms with van der Waals surface area (Å²) in [7, 11) is 2.26. The number of fused-ring (bicyclic) bond motifs is 1. The quantitative estimate of drug-likeness (QED) is 0.404. The number of imidazole rings is 1. The number of benzene rings is 1. The molecule has 0 saturated carbocycles. The Morgan fingerprint density at radius 2 is 1.75 bits per heavy atom. The molecule has 0 bridgehead atoms. The molecule has 4 rings (SSSR count). The minimum absolute atomic E-state index is 0.0371. The van der Waals surface area contributed by atoms with Crippen LogP contribution in [0.5, 0.6) is 0 Å². The molecular weight excluding hydrogens is 298 g/mol. The molecule has 0 radical (unpaired) electrons. The number of hydrogen-bond acceptors (Lipinski definition) is 1. The van der Waals surface area contributed by atoms with Crippen LogP contribution in [-0.4, -0.2) is 29.6 Å². The second-order valence-corrected chi connectivity index (χ2v) is 7.48. The number of carbonyl (C=O) groups is 1. The highest BCUT2D eigenvalue weighted by Gasteiger charge is 2.66. The van der Waals surface area contributed by atoms with Gasteiger partial charge >= 0.3 is 11.7 Å². The summed E-state index contributed by atoms with van der Waals surface area (Å²) >= 11 is 0. The van der Waals surface area contributed by atoms with E-state index in [0.717, 1.165) is 27.9 Å². The third-order valence-corrected chi connectivity index (χ3v) is 5.50. The minimum atomic E-state index is 0.0371. The van der Waals surface area contributed by atoms with E-state index in [1.165, 1.54) is 5.82 Å². The molecule has 1 fully saturated rings. The van der Waals surface area contributed by atoms with Crippen molar-refractivity contribution in [1.29, 1.82) is 0 Å². The molecule has 2 aromatic heterocycles. The van der Waals surface area contributed by atoms with Gasteiger partial charge in [-0.15, -0.1) is 4.40 Å². The SMILES string of the molecule is CC(=O)n1c(-c2ccccc2)c([N+]2(C)CC2(C)C)[n+]2ccccc12. The van der Waals surface area contributed by atoms with E-state index in [2.05, 4.69) is 43.6 Å². The van der Waals surface area contributed by atoms with E-state index in [9.17, 15) is 4.79 Å². The minimum Gasteiger partial charge on any atom is -0.247 e. The molecule has 0 aliphatic carbocycles. The number of likely N-dealkylation sites (N-methyl/N-ethyl adjacent to an activating group) is 1. The summed E-state index contributed by atoms with van der Waals surface area (Å²) in [5, 5.41) is 0. The highest BCUT2D eigenvalue weighted by Crippen LogP contribution is 2.48. The maximum atomic E-state index is 12.5. The molecule has 122 valence electrons. The fourth-order valence-corrected chi connectivity index (χ4v) is 3.87. The number of carbonyl (C=O) groups excluding carboxylic acids is 1. The van der Waals surface area contributed by atoms with Crippen LogP contribution in [0.2, 0.25) is 0 Å². The van der Waals surface area contributed by atoms with Gasteiger partial charge in [-0.3, -0.25) is 0 Å². The van der Waals surface area contributed by atoms with Gasteiger partial charge in [-0.1, -0.05) is 36.4 Å². The van der Waals surface area contributed by atoms with E-state index in [1.54, 1.807) is 6.92 Å². The Bertz CT molecular complexity index is 956. The highest BCUT2D eigenvalue weighted by atomic mass is 16.1. The van der Waals surface area contributed by atoms with Crippen LogP contribution < -0.4 is 8.88 Å². The van der Waals surface area contributed by atoms with Crippen LogP contribution in [0.3, 0.4) is 0 Å². The molecule has 3 aromatic rings. The summed E-state index contributed by atoms with van der Waals surface area (Å²) in [6.07, 6.45) is 2.06. The van der Waals surface area contributed by atoms with Crippen molar-refractivity contribution in [2.45, 2.75) is 26.3 Å². The summed E-state index contributed by atoms with van der Waals surface area (Å²) in [4.78, 5) is 12.5. The van der Waals surface area contributed by atoms with E-state index < -0.39 is 0 Å². The first-order valence-corrected chi connectivity index (χ1v) is 8.34. The Morgan fingerprint density at radius 3 is 2.33 bits per heavy atom. The van der Waals surface area contributed by atoms with E-state index in [0.29, 0.717) is 0 Å². The van der Waals surface area contributed by atoms with Gasteiger partial charge in [-0.05, 0) is 19.9 Å². The number of aromatic nitrogens is 2. The Morgan fingerprint density at radius 1 is 1.12 bits per heavy atom. The molecule has 1 unspecified atom stereocenters. The van der Waals surface area contributed by atoms with Gasteiger partial charge in [0.15, 0.2) is 5.54 Å². The Hall–Kier alpha value is -2.46. The molecule has 24 heavy (non-hydrogen) atoms. The van der Waals surface area contributed by atoms with Crippen molar-refractivity contribution in [2.24, 2.45) is 0 Å². The zero-order valence-electron chi connectivity index (χ0n) is 14.7. The van der Waals surface area contributed by atoms with Crippen molar-refractivity contribution in [3.05, 3.63) is 54.7 Å². The second kappa shape index (κ2) is 4.77. The third-order valence-electron chi connectivity index (χ3n) is 5.50. The monoisotopic (exact) mass is 321 g/mol. The first-order chi connectivity index (χ1) is 11.4. The lowest BCUT2D eigenvalue weighted by Gasteiger charge is -2.14. The van der Waals surface area contributed by atoms with Gasteiger partial charge in [0.05, 0.1) is 7.05 Å². The van der Waals surface area contributed by atoms with Gasteiger partial charge in [0.1, 0.15) is 12.7 Å². The van der Waals surface area contributed by atoms with E-state index >= 15 is 0 Å². The molecule has 1 saturated heterocycles. The fraction of sp³-hybridized carbons (Fsp3) is 0.300. The number of rotatable bonds is 2. The van der Waals surface area contributed by atoms with Gasteiger partial charge < -0.3 is 0 Å². The normalized spacial score (nSPS) is 21.8. The molecule has 0 amide bonds. The molecule has 0 N–H and O–H groups in total. The largest absolute Gasteiger partial charge is 0.346 e. The Balaban J connectivity index is 2.16. The highest BCUT2D eigenvalue weighted by molar-refractivity contribution is 5.89. The van der Waals surface area contributed by atoms with Gasteiger partial charge in [0, 0.05) is 18.6 Å². The maximum Gasteiger partial charge on any atom is 0.346 e. The van der Waals surface area contributed by atoms with Crippen LogP contribution in [0.1, 0.15) is 25.6 Å². The van der Waals surface area contributed by atoms with E-state index in [4.69, 9.17) is 0 Å². The third kappa shape index (κ3) is 1.89. The van der Waals surface area contributed by atoms with Crippen molar-refractivity contribution in [2.75, 3.05) is 13.6 Å². The number of quaternary nitrogens is 1. The molecule has 3 heterocycles. The first-order valence-electron chi connectivity index (χ1n) is 8.34. The smallest absolute Gasteiger partial charge is 0.247 e. The fourth-order valence-electron chi connectivity index (χ4n) is 3.87. The number of hydrogen-bond donors (Lipinski definition) is 0. The zero-order chi connectivity index (χ0) is 17.1. The van der Waals surface area contributed by atoms with Gasteiger partial charge in [0.2, 0.25) is 5.69 Å². The zero-order valence-corrected chi connectivity index (χ0v) is 14.7. The molecule has 0 spiro atoms. The first kappa shape index (κ1) is 15.1. The van der Waals surface area contributed by atoms with Crippen LogP contribution in [0.4, 0.5) is 5.82 Å². The summed E-state index contributed by atoms with van der Waals surface area (Å²) in [6, 6.07) is 16.3. The predicted octanol–water partition coefficient (Wildman–Crippen LogP) is 3.28. The molecular formula is C20H23N3O+2. The average molecular weight is 321 g/mol. The van der Waals surface area contributed by atoms with Crippen molar-refractivity contribution < 1.29 is 9.20 Å². The molecule has 4 heteroatoms. The molecule has 1 atom stereocenters. The Labute approximate surface area is 142 Å². The van der Waals surface area contributed by atoms with Crippen LogP contribution in [0, 0.1) is 0 Å². The van der Waals surface area contributed by atoms with Gasteiger partial charge in [-0.2, -0.15) is 4.57 Å². The average Bonchev–Trinajstić information content (AvgIpc) is 2.93. The lowest BCUT2D eigenvalue weighted by atomic mass is 10.1. The van der Waals surface area contributed by atoms with Crippen LogP contribution >= 0.6 is 0 Å². The number of pyridine rings is 1. The van der Waals surface area contributed by atoms with Crippen LogP contribution in [-0.2, 0) is 0 Å². The number of nitrogens with zero attached hydrogens (tertiary/aromatic N) is 3. The Kier molecular flexibility index (Phi) is 3.00. The van der Waals surface area contributed by atoms with Crippen molar-refractivity contribution in [3.63, 3.8) is 0 Å². The summed E-state index contributed by atoms with van der Waals surface area (Å²) in [5.41, 5.74) is 3.17. The van der Waals surface area contributed by atoms with Crippen LogP contribution in [0.15, 0.2) is 54.7 Å². The maximum absolute atomic E-state index is 12.5.